The zero-order valence-electron chi connectivity index (χ0n) is 16.8. The molecule has 2 aromatic rings. The second kappa shape index (κ2) is 8.91. The second-order valence-electron chi connectivity index (χ2n) is 8.35. The molecular weight excluding hydrogens is 406 g/mol. The fourth-order valence-corrected chi connectivity index (χ4v) is 3.70. The Labute approximate surface area is 170 Å². The number of benzene rings is 1. The zero-order chi connectivity index (χ0) is 20.2. The van der Waals surface area contributed by atoms with E-state index >= 15 is 0 Å². The van der Waals surface area contributed by atoms with Crippen molar-refractivity contribution in [1.29, 1.82) is 0 Å². The number of carboxylic acid groups (broad SMARTS) is 1. The van der Waals surface area contributed by atoms with Gasteiger partial charge in [-0.05, 0) is 45.2 Å². The van der Waals surface area contributed by atoms with Crippen LogP contribution in [0.2, 0.25) is 0 Å². The molecule has 0 saturated carbocycles. The quantitative estimate of drug-likeness (QED) is 0.522. The predicted molar refractivity (Wildman–Crippen MR) is 113 cm³/mol. The molecule has 1 amide bonds. The lowest BCUT2D eigenvalue weighted by Crippen LogP contribution is -2.47. The fraction of sp³-hybridized carbons (Fsp3) is 0.524. The van der Waals surface area contributed by atoms with E-state index in [4.69, 9.17) is 4.98 Å². The number of nitrogens with zero attached hydrogens (tertiary/aromatic N) is 2. The minimum absolute atomic E-state index is 0.304. The Kier molecular flexibility index (Phi) is 7.09. The van der Waals surface area contributed by atoms with Crippen LogP contribution in [-0.4, -0.2) is 31.6 Å². The van der Waals surface area contributed by atoms with Gasteiger partial charge in [-0.25, -0.2) is 9.78 Å². The Morgan fingerprint density at radius 2 is 2.00 bits per heavy atom. The molecule has 148 valence electrons. The molecule has 0 aliphatic heterocycles. The van der Waals surface area contributed by atoms with Crippen LogP contribution in [0.5, 0.6) is 0 Å². The van der Waals surface area contributed by atoms with Crippen LogP contribution in [0.3, 0.4) is 0 Å². The minimum atomic E-state index is -0.919. The van der Waals surface area contributed by atoms with E-state index in [1.807, 2.05) is 51.2 Å². The molecule has 5 nitrogen and oxygen atoms in total. The number of amides is 1. The van der Waals surface area contributed by atoms with Crippen molar-refractivity contribution in [2.45, 2.75) is 65.5 Å². The summed E-state index contributed by atoms with van der Waals surface area (Å²) < 4.78 is 0.986. The lowest BCUT2D eigenvalue weighted by atomic mass is 9.97. The van der Waals surface area contributed by atoms with Crippen molar-refractivity contribution in [1.82, 2.24) is 14.9 Å². The number of H-pyrrole nitrogens is 1. The van der Waals surface area contributed by atoms with Gasteiger partial charge >= 0.3 is 6.09 Å². The number of hydrogen-bond acceptors (Lipinski definition) is 2. The number of halogens is 1. The van der Waals surface area contributed by atoms with Gasteiger partial charge in [-0.2, -0.15) is 0 Å². The Bertz CT molecular complexity index is 765. The number of carbonyl (C=O) groups is 1. The lowest BCUT2D eigenvalue weighted by molar-refractivity contribution is 0.0628. The molecule has 27 heavy (non-hydrogen) atoms. The van der Waals surface area contributed by atoms with Gasteiger partial charge in [0.15, 0.2) is 0 Å². The van der Waals surface area contributed by atoms with Crippen molar-refractivity contribution in [3.8, 4) is 11.3 Å². The highest BCUT2D eigenvalue weighted by Crippen LogP contribution is 2.33. The Morgan fingerprint density at radius 1 is 1.30 bits per heavy atom. The van der Waals surface area contributed by atoms with Crippen LogP contribution in [0.25, 0.3) is 11.3 Å². The Morgan fingerprint density at radius 3 is 2.56 bits per heavy atom. The predicted octanol–water partition coefficient (Wildman–Crippen LogP) is 6.49. The van der Waals surface area contributed by atoms with Crippen molar-refractivity contribution in [3.63, 3.8) is 0 Å². The lowest BCUT2D eigenvalue weighted by Gasteiger charge is -2.39. The van der Waals surface area contributed by atoms with E-state index < -0.39 is 11.6 Å². The second-order valence-corrected chi connectivity index (χ2v) is 9.26. The van der Waals surface area contributed by atoms with Gasteiger partial charge in [0.1, 0.15) is 5.82 Å². The Balaban J connectivity index is 2.36. The largest absolute Gasteiger partial charge is 0.465 e. The molecule has 0 aliphatic rings. The molecule has 0 bridgehead atoms. The van der Waals surface area contributed by atoms with Crippen LogP contribution < -0.4 is 0 Å². The average Bonchev–Trinajstić information content (AvgIpc) is 3.01. The smallest absolute Gasteiger partial charge is 0.408 e. The monoisotopic (exact) mass is 435 g/mol. The third-order valence-electron chi connectivity index (χ3n) is 4.53. The van der Waals surface area contributed by atoms with E-state index in [2.05, 4.69) is 34.8 Å². The van der Waals surface area contributed by atoms with E-state index in [1.54, 1.807) is 0 Å². The first-order chi connectivity index (χ1) is 12.6. The van der Waals surface area contributed by atoms with E-state index in [0.717, 1.165) is 35.0 Å². The maximum absolute atomic E-state index is 12.1. The summed E-state index contributed by atoms with van der Waals surface area (Å²) in [5, 5.41) is 9.89. The van der Waals surface area contributed by atoms with Crippen LogP contribution in [0.4, 0.5) is 4.79 Å². The summed E-state index contributed by atoms with van der Waals surface area (Å²) in [6.45, 7) is 10.1. The van der Waals surface area contributed by atoms with Crippen LogP contribution in [0.15, 0.2) is 34.9 Å². The number of aromatic amines is 1. The summed E-state index contributed by atoms with van der Waals surface area (Å²) in [4.78, 5) is 21.6. The summed E-state index contributed by atoms with van der Waals surface area (Å²) in [6.07, 6.45) is 3.70. The van der Waals surface area contributed by atoms with Gasteiger partial charge in [0.2, 0.25) is 0 Å². The van der Waals surface area contributed by atoms with Crippen molar-refractivity contribution in [2.24, 2.45) is 5.92 Å². The van der Waals surface area contributed by atoms with Crippen LogP contribution in [-0.2, 0) is 0 Å². The summed E-state index contributed by atoms with van der Waals surface area (Å²) in [6, 6.07) is 7.63. The number of imidazole rings is 1. The van der Waals surface area contributed by atoms with Crippen molar-refractivity contribution >= 4 is 22.0 Å². The summed E-state index contributed by atoms with van der Waals surface area (Å²) >= 11 is 3.49. The van der Waals surface area contributed by atoms with Gasteiger partial charge in [-0.3, -0.25) is 4.90 Å². The molecule has 1 aromatic heterocycles. The van der Waals surface area contributed by atoms with Gasteiger partial charge in [0.05, 0.1) is 11.7 Å². The molecule has 1 aromatic carbocycles. The molecule has 2 N–H and O–H groups in total. The average molecular weight is 436 g/mol. The molecule has 0 fully saturated rings. The molecular formula is C21H30BrN3O2. The molecule has 1 heterocycles. The van der Waals surface area contributed by atoms with Crippen molar-refractivity contribution in [2.75, 3.05) is 0 Å². The number of nitrogens with one attached hydrogen (secondary N) is 1. The zero-order valence-corrected chi connectivity index (χ0v) is 18.4. The first kappa shape index (κ1) is 21.5. The maximum atomic E-state index is 12.1. The van der Waals surface area contributed by atoms with Crippen molar-refractivity contribution < 1.29 is 9.90 Å². The molecule has 0 aliphatic carbocycles. The minimum Gasteiger partial charge on any atom is -0.465 e. The third-order valence-corrected chi connectivity index (χ3v) is 5.03. The first-order valence-corrected chi connectivity index (χ1v) is 10.2. The van der Waals surface area contributed by atoms with Gasteiger partial charge in [-0.1, -0.05) is 54.8 Å². The van der Waals surface area contributed by atoms with Gasteiger partial charge in [0, 0.05) is 21.8 Å². The normalized spacial score (nSPS) is 13.0. The first-order valence-electron chi connectivity index (χ1n) is 9.43. The molecule has 0 spiro atoms. The van der Waals surface area contributed by atoms with Crippen LogP contribution in [0.1, 0.15) is 65.7 Å². The summed E-state index contributed by atoms with van der Waals surface area (Å²) in [7, 11) is 0. The Hall–Kier alpha value is -1.82. The molecule has 2 rings (SSSR count). The molecule has 0 unspecified atom stereocenters. The standard InChI is InChI=1S/C21H30BrN3O2/c1-14(2)8-6-11-18(25(20(26)27)21(3,4)5)19-23-13-17(24-19)15-9-7-10-16(22)12-15/h7,9-10,12-14,18H,6,8,11H2,1-5H3,(H,23,24)(H,26,27)/t18-/m1/s1. The van der Waals surface area contributed by atoms with E-state index in [0.29, 0.717) is 11.7 Å². The summed E-state index contributed by atoms with van der Waals surface area (Å²) in [5.41, 5.74) is 1.29. The SMILES string of the molecule is CC(C)CCC[C@H](c1nc(-c2cccc(Br)c2)c[nH]1)N(C(=O)O)C(C)(C)C. The molecule has 6 heteroatoms. The molecule has 0 saturated heterocycles. The summed E-state index contributed by atoms with van der Waals surface area (Å²) in [5.74, 6) is 1.29. The topological polar surface area (TPSA) is 69.2 Å². The van der Waals surface area contributed by atoms with E-state index in [1.165, 1.54) is 4.90 Å². The van der Waals surface area contributed by atoms with Gasteiger partial charge in [-0.15, -0.1) is 0 Å². The number of aromatic nitrogens is 2. The molecule has 1 atom stereocenters. The van der Waals surface area contributed by atoms with Gasteiger partial charge in [0.25, 0.3) is 0 Å². The van der Waals surface area contributed by atoms with Crippen LogP contribution in [0, 0.1) is 5.92 Å². The van der Waals surface area contributed by atoms with E-state index in [-0.39, 0.29) is 6.04 Å². The third kappa shape index (κ3) is 5.83. The van der Waals surface area contributed by atoms with E-state index in [9.17, 15) is 9.90 Å². The fourth-order valence-electron chi connectivity index (χ4n) is 3.30. The highest BCUT2D eigenvalue weighted by molar-refractivity contribution is 9.10. The van der Waals surface area contributed by atoms with Gasteiger partial charge < -0.3 is 10.1 Å². The van der Waals surface area contributed by atoms with Crippen LogP contribution >= 0.6 is 15.9 Å². The molecule has 0 radical (unpaired) electrons. The number of hydrogen-bond donors (Lipinski definition) is 2. The van der Waals surface area contributed by atoms with Crippen molar-refractivity contribution in [3.05, 3.63) is 40.8 Å². The highest BCUT2D eigenvalue weighted by Gasteiger charge is 2.35. The number of rotatable bonds is 7. The highest BCUT2D eigenvalue weighted by atomic mass is 79.9. The maximum Gasteiger partial charge on any atom is 0.408 e.